The molecule has 1 amide bonds. The van der Waals surface area contributed by atoms with Crippen molar-refractivity contribution in [3.63, 3.8) is 0 Å². The van der Waals surface area contributed by atoms with E-state index < -0.39 is 0 Å². The van der Waals surface area contributed by atoms with Gasteiger partial charge in [-0.2, -0.15) is 5.10 Å². The summed E-state index contributed by atoms with van der Waals surface area (Å²) in [5.41, 5.74) is 1.82. The number of anilines is 1. The highest BCUT2D eigenvalue weighted by Crippen LogP contribution is 2.14. The molecule has 0 spiro atoms. The van der Waals surface area contributed by atoms with Gasteiger partial charge in [0.25, 0.3) is 5.91 Å². The van der Waals surface area contributed by atoms with Gasteiger partial charge in [-0.3, -0.25) is 9.78 Å². The molecule has 1 aromatic carbocycles. The van der Waals surface area contributed by atoms with Gasteiger partial charge in [-0.05, 0) is 24.3 Å². The van der Waals surface area contributed by atoms with Crippen molar-refractivity contribution in [2.24, 2.45) is 0 Å². The molecular weight excluding hydrogens is 254 g/mol. The Morgan fingerprint density at radius 3 is 2.85 bits per heavy atom. The quantitative estimate of drug-likeness (QED) is 0.785. The topological polar surface area (TPSA) is 72.7 Å². The average molecular weight is 265 g/mol. The predicted molar refractivity (Wildman–Crippen MR) is 73.5 cm³/mol. The van der Waals surface area contributed by atoms with Crippen LogP contribution in [0.3, 0.4) is 0 Å². The highest BCUT2D eigenvalue weighted by atomic mass is 16.1. The van der Waals surface area contributed by atoms with E-state index in [9.17, 15) is 4.79 Å². The van der Waals surface area contributed by atoms with Gasteiger partial charge in [-0.1, -0.05) is 6.07 Å². The summed E-state index contributed by atoms with van der Waals surface area (Å²) in [6.07, 6.45) is 7.96. The molecular formula is C14H11N5O. The number of nitrogens with zero attached hydrogens (tertiary/aromatic N) is 4. The third-order valence-electron chi connectivity index (χ3n) is 2.67. The minimum Gasteiger partial charge on any atom is -0.321 e. The molecule has 2 aromatic heterocycles. The maximum atomic E-state index is 12.0. The van der Waals surface area contributed by atoms with E-state index in [1.807, 2.05) is 30.5 Å². The third kappa shape index (κ3) is 2.54. The van der Waals surface area contributed by atoms with Crippen LogP contribution in [0, 0.1) is 0 Å². The summed E-state index contributed by atoms with van der Waals surface area (Å²) in [7, 11) is 0. The number of carbonyl (C=O) groups excluding carboxylic acids is 1. The molecule has 0 bridgehead atoms. The van der Waals surface area contributed by atoms with E-state index in [0.717, 1.165) is 5.69 Å². The minimum atomic E-state index is -0.296. The van der Waals surface area contributed by atoms with Crippen molar-refractivity contribution >= 4 is 11.6 Å². The molecule has 0 aliphatic rings. The van der Waals surface area contributed by atoms with Crippen molar-refractivity contribution in [1.29, 1.82) is 0 Å². The molecule has 0 aliphatic heterocycles. The monoisotopic (exact) mass is 265 g/mol. The lowest BCUT2D eigenvalue weighted by Crippen LogP contribution is -2.14. The van der Waals surface area contributed by atoms with Gasteiger partial charge < -0.3 is 5.32 Å². The van der Waals surface area contributed by atoms with Crippen molar-refractivity contribution in [3.05, 3.63) is 67.0 Å². The van der Waals surface area contributed by atoms with Crippen LogP contribution >= 0.6 is 0 Å². The Kier molecular flexibility index (Phi) is 3.20. The van der Waals surface area contributed by atoms with Crippen LogP contribution in [0.5, 0.6) is 0 Å². The van der Waals surface area contributed by atoms with Crippen molar-refractivity contribution in [2.45, 2.75) is 0 Å². The largest absolute Gasteiger partial charge is 0.321 e. The molecule has 2 heterocycles. The summed E-state index contributed by atoms with van der Waals surface area (Å²) in [4.78, 5) is 19.8. The summed E-state index contributed by atoms with van der Waals surface area (Å²) >= 11 is 0. The van der Waals surface area contributed by atoms with Crippen LogP contribution in [0.1, 0.15) is 10.5 Å². The van der Waals surface area contributed by atoms with Crippen LogP contribution in [0.15, 0.2) is 61.3 Å². The number of carbonyl (C=O) groups is 1. The van der Waals surface area contributed by atoms with Crippen LogP contribution in [-0.2, 0) is 0 Å². The fourth-order valence-electron chi connectivity index (χ4n) is 1.76. The van der Waals surface area contributed by atoms with Gasteiger partial charge in [0, 0.05) is 30.5 Å². The molecule has 0 saturated heterocycles. The third-order valence-corrected chi connectivity index (χ3v) is 2.67. The summed E-state index contributed by atoms with van der Waals surface area (Å²) in [6, 6.07) is 9.24. The van der Waals surface area contributed by atoms with Crippen molar-refractivity contribution < 1.29 is 4.79 Å². The zero-order valence-electron chi connectivity index (χ0n) is 10.5. The molecule has 0 atom stereocenters. The van der Waals surface area contributed by atoms with E-state index in [1.165, 1.54) is 18.6 Å². The Balaban J connectivity index is 1.82. The van der Waals surface area contributed by atoms with E-state index in [-0.39, 0.29) is 11.6 Å². The highest BCUT2D eigenvalue weighted by molar-refractivity contribution is 6.02. The Labute approximate surface area is 115 Å². The summed E-state index contributed by atoms with van der Waals surface area (Å²) in [5, 5.41) is 6.92. The fourth-order valence-corrected chi connectivity index (χ4v) is 1.76. The Bertz CT molecular complexity index is 709. The minimum absolute atomic E-state index is 0.275. The first-order chi connectivity index (χ1) is 9.83. The van der Waals surface area contributed by atoms with E-state index in [4.69, 9.17) is 0 Å². The first-order valence-corrected chi connectivity index (χ1v) is 6.00. The standard InChI is InChI=1S/C14H11N5O/c20-14(13-10-15-6-7-16-13)18-11-3-1-4-12(9-11)19-8-2-5-17-19/h1-10H,(H,18,20). The number of nitrogens with one attached hydrogen (secondary N) is 1. The maximum Gasteiger partial charge on any atom is 0.275 e. The SMILES string of the molecule is O=C(Nc1cccc(-n2cccn2)c1)c1cnccn1. The molecule has 0 aliphatic carbocycles. The number of rotatable bonds is 3. The lowest BCUT2D eigenvalue weighted by atomic mass is 10.2. The van der Waals surface area contributed by atoms with Gasteiger partial charge in [-0.15, -0.1) is 0 Å². The zero-order valence-corrected chi connectivity index (χ0v) is 10.5. The van der Waals surface area contributed by atoms with Gasteiger partial charge in [-0.25, -0.2) is 9.67 Å². The number of hydrogen-bond donors (Lipinski definition) is 1. The second kappa shape index (κ2) is 5.31. The first kappa shape index (κ1) is 12.0. The second-order valence-corrected chi connectivity index (χ2v) is 4.05. The fraction of sp³-hybridized carbons (Fsp3) is 0. The molecule has 0 saturated carbocycles. The number of hydrogen-bond acceptors (Lipinski definition) is 4. The molecule has 6 nitrogen and oxygen atoms in total. The summed E-state index contributed by atoms with van der Waals surface area (Å²) in [5.74, 6) is -0.296. The van der Waals surface area contributed by atoms with Crippen LogP contribution in [0.2, 0.25) is 0 Å². The van der Waals surface area contributed by atoms with Crippen LogP contribution in [0.4, 0.5) is 5.69 Å². The first-order valence-electron chi connectivity index (χ1n) is 6.00. The lowest BCUT2D eigenvalue weighted by Gasteiger charge is -2.07. The molecule has 20 heavy (non-hydrogen) atoms. The van der Waals surface area contributed by atoms with E-state index >= 15 is 0 Å². The lowest BCUT2D eigenvalue weighted by molar-refractivity contribution is 0.102. The van der Waals surface area contributed by atoms with E-state index in [1.54, 1.807) is 16.9 Å². The number of benzene rings is 1. The van der Waals surface area contributed by atoms with E-state index in [0.29, 0.717) is 5.69 Å². The molecule has 0 radical (unpaired) electrons. The summed E-state index contributed by atoms with van der Waals surface area (Å²) < 4.78 is 1.72. The molecule has 0 fully saturated rings. The zero-order chi connectivity index (χ0) is 13.8. The number of aromatic nitrogens is 4. The Hall–Kier alpha value is -3.02. The second-order valence-electron chi connectivity index (χ2n) is 4.05. The molecule has 1 N–H and O–H groups in total. The molecule has 3 rings (SSSR count). The summed E-state index contributed by atoms with van der Waals surface area (Å²) in [6.45, 7) is 0. The molecule has 98 valence electrons. The molecule has 0 unspecified atom stereocenters. The smallest absolute Gasteiger partial charge is 0.275 e. The van der Waals surface area contributed by atoms with Crippen LogP contribution < -0.4 is 5.32 Å². The van der Waals surface area contributed by atoms with Gasteiger partial charge in [0.15, 0.2) is 0 Å². The van der Waals surface area contributed by atoms with Gasteiger partial charge in [0.2, 0.25) is 0 Å². The van der Waals surface area contributed by atoms with Gasteiger partial charge in [0.1, 0.15) is 5.69 Å². The van der Waals surface area contributed by atoms with Crippen molar-refractivity contribution in [2.75, 3.05) is 5.32 Å². The Morgan fingerprint density at radius 2 is 2.10 bits per heavy atom. The number of amides is 1. The highest BCUT2D eigenvalue weighted by Gasteiger charge is 2.07. The molecule has 6 heteroatoms. The molecule has 3 aromatic rings. The van der Waals surface area contributed by atoms with E-state index in [2.05, 4.69) is 20.4 Å². The van der Waals surface area contributed by atoms with Gasteiger partial charge >= 0.3 is 0 Å². The normalized spacial score (nSPS) is 10.2. The average Bonchev–Trinajstić information content (AvgIpc) is 3.03. The van der Waals surface area contributed by atoms with Crippen molar-refractivity contribution in [3.8, 4) is 5.69 Å². The van der Waals surface area contributed by atoms with Gasteiger partial charge in [0.05, 0.1) is 11.9 Å². The maximum absolute atomic E-state index is 12.0. The van der Waals surface area contributed by atoms with Crippen LogP contribution in [0.25, 0.3) is 5.69 Å². The van der Waals surface area contributed by atoms with Crippen LogP contribution in [-0.4, -0.2) is 25.7 Å². The Morgan fingerprint density at radius 1 is 1.15 bits per heavy atom. The predicted octanol–water partition coefficient (Wildman–Crippen LogP) is 1.91. The van der Waals surface area contributed by atoms with Crippen molar-refractivity contribution in [1.82, 2.24) is 19.7 Å².